The van der Waals surface area contributed by atoms with Gasteiger partial charge in [0.2, 0.25) is 5.91 Å². The van der Waals surface area contributed by atoms with Crippen molar-refractivity contribution in [3.05, 3.63) is 12.2 Å². The molecule has 4 rings (SSSR count). The van der Waals surface area contributed by atoms with Gasteiger partial charge in [0.1, 0.15) is 0 Å². The summed E-state index contributed by atoms with van der Waals surface area (Å²) in [6.07, 6.45) is 18.0. The fourth-order valence-corrected chi connectivity index (χ4v) is 7.56. The third-order valence-electron chi connectivity index (χ3n) is 9.04. The molecule has 0 aromatic carbocycles. The lowest BCUT2D eigenvalue weighted by molar-refractivity contribution is -0.122. The van der Waals surface area contributed by atoms with Crippen molar-refractivity contribution in [3.63, 3.8) is 0 Å². The summed E-state index contributed by atoms with van der Waals surface area (Å²) in [5.41, 5.74) is 0.790. The number of hydrogen-bond donors (Lipinski definition) is 1. The Morgan fingerprint density at radius 3 is 2.72 bits per heavy atom. The van der Waals surface area contributed by atoms with Crippen molar-refractivity contribution in [2.45, 2.75) is 91.0 Å². The Morgan fingerprint density at radius 2 is 1.92 bits per heavy atom. The second-order valence-electron chi connectivity index (χ2n) is 10.0. The van der Waals surface area contributed by atoms with Gasteiger partial charge in [-0.1, -0.05) is 46.1 Å². The summed E-state index contributed by atoms with van der Waals surface area (Å²) < 4.78 is 0. The van der Waals surface area contributed by atoms with Gasteiger partial charge in [-0.3, -0.25) is 4.79 Å². The van der Waals surface area contributed by atoms with E-state index in [0.29, 0.717) is 11.5 Å². The molecular formula is C23H37NO. The normalized spacial score (nSPS) is 48.4. The molecule has 1 N–H and O–H groups in total. The number of nitrogens with one attached hydrogen (secondary N) is 1. The first-order chi connectivity index (χ1) is 12.0. The molecule has 1 aliphatic heterocycles. The number of unbranched alkanes of at least 4 members (excludes halogenated alkanes) is 2. The molecule has 3 saturated carbocycles. The van der Waals surface area contributed by atoms with Gasteiger partial charge in [0, 0.05) is 11.5 Å². The summed E-state index contributed by atoms with van der Waals surface area (Å²) in [6.45, 7) is 7.39. The van der Waals surface area contributed by atoms with E-state index in [1.807, 2.05) is 6.08 Å². The third-order valence-corrected chi connectivity index (χ3v) is 9.04. The van der Waals surface area contributed by atoms with Crippen LogP contribution in [0, 0.1) is 34.5 Å². The van der Waals surface area contributed by atoms with Crippen molar-refractivity contribution in [3.8, 4) is 0 Å². The predicted octanol–water partition coefficient (Wildman–Crippen LogP) is 5.48. The van der Waals surface area contributed by atoms with E-state index < -0.39 is 0 Å². The van der Waals surface area contributed by atoms with Gasteiger partial charge in [0.05, 0.1) is 0 Å². The van der Waals surface area contributed by atoms with E-state index in [0.717, 1.165) is 23.7 Å². The number of hydrogen-bond acceptors (Lipinski definition) is 1. The summed E-state index contributed by atoms with van der Waals surface area (Å²) >= 11 is 0. The molecule has 0 aromatic heterocycles. The van der Waals surface area contributed by atoms with E-state index >= 15 is 0 Å². The van der Waals surface area contributed by atoms with Crippen molar-refractivity contribution in [2.75, 3.05) is 0 Å². The van der Waals surface area contributed by atoms with Crippen LogP contribution in [0.2, 0.25) is 0 Å². The Kier molecular flexibility index (Phi) is 4.53. The summed E-state index contributed by atoms with van der Waals surface area (Å²) in [4.78, 5) is 11.8. The van der Waals surface area contributed by atoms with Crippen LogP contribution in [0.1, 0.15) is 85.0 Å². The number of fused-ring (bicyclic) bond motifs is 5. The molecule has 3 fully saturated rings. The smallest absolute Gasteiger partial charge is 0.243 e. The lowest BCUT2D eigenvalue weighted by atomic mass is 9.48. The number of amides is 1. The van der Waals surface area contributed by atoms with E-state index in [-0.39, 0.29) is 11.3 Å². The first-order valence-corrected chi connectivity index (χ1v) is 11.0. The maximum atomic E-state index is 11.8. The van der Waals surface area contributed by atoms with Crippen LogP contribution in [0.5, 0.6) is 0 Å². The Bertz CT molecular complexity index is 554. The van der Waals surface area contributed by atoms with Crippen LogP contribution >= 0.6 is 0 Å². The molecule has 140 valence electrons. The molecule has 2 heteroatoms. The minimum absolute atomic E-state index is 0.124. The quantitative estimate of drug-likeness (QED) is 0.673. The maximum Gasteiger partial charge on any atom is 0.243 e. The van der Waals surface area contributed by atoms with E-state index in [4.69, 9.17) is 0 Å². The SMILES string of the molecule is CCCCC[C@H]1CC[C@H]2[C@@H]3CCC4NC(=O)C=C[C@]4(C)[C@H]3CC[C@]12C. The molecule has 0 spiro atoms. The van der Waals surface area contributed by atoms with Crippen molar-refractivity contribution in [1.82, 2.24) is 5.32 Å². The van der Waals surface area contributed by atoms with Gasteiger partial charge < -0.3 is 5.32 Å². The Hall–Kier alpha value is -0.790. The average molecular weight is 344 g/mol. The predicted molar refractivity (Wildman–Crippen MR) is 103 cm³/mol. The molecule has 2 nitrogen and oxygen atoms in total. The minimum atomic E-state index is 0.124. The fourth-order valence-electron chi connectivity index (χ4n) is 7.56. The molecule has 25 heavy (non-hydrogen) atoms. The summed E-state index contributed by atoms with van der Waals surface area (Å²) in [7, 11) is 0. The zero-order valence-corrected chi connectivity index (χ0v) is 16.5. The average Bonchev–Trinajstić information content (AvgIpc) is 2.92. The van der Waals surface area contributed by atoms with E-state index in [1.165, 1.54) is 64.2 Å². The van der Waals surface area contributed by atoms with Crippen LogP contribution in [-0.4, -0.2) is 11.9 Å². The van der Waals surface area contributed by atoms with E-state index in [1.54, 1.807) is 0 Å². The highest BCUT2D eigenvalue weighted by Gasteiger charge is 2.59. The summed E-state index contributed by atoms with van der Waals surface area (Å²) in [5, 5.41) is 3.28. The maximum absolute atomic E-state index is 11.8. The highest BCUT2D eigenvalue weighted by Crippen LogP contribution is 2.65. The van der Waals surface area contributed by atoms with Gasteiger partial charge in [0.15, 0.2) is 0 Å². The lowest BCUT2D eigenvalue weighted by Crippen LogP contribution is -2.59. The molecule has 1 heterocycles. The number of carbonyl (C=O) groups excluding carboxylic acids is 1. The van der Waals surface area contributed by atoms with Gasteiger partial charge in [-0.25, -0.2) is 0 Å². The van der Waals surface area contributed by atoms with Crippen molar-refractivity contribution >= 4 is 5.91 Å². The van der Waals surface area contributed by atoms with E-state index in [2.05, 4.69) is 32.2 Å². The topological polar surface area (TPSA) is 29.1 Å². The molecule has 0 aromatic rings. The highest BCUT2D eigenvalue weighted by atomic mass is 16.1. The molecule has 7 atom stereocenters. The molecule has 1 unspecified atom stereocenters. The highest BCUT2D eigenvalue weighted by molar-refractivity contribution is 5.89. The number of carbonyl (C=O) groups is 1. The first-order valence-electron chi connectivity index (χ1n) is 11.0. The fraction of sp³-hybridized carbons (Fsp3) is 0.870. The summed E-state index contributed by atoms with van der Waals surface area (Å²) in [6, 6.07) is 0.373. The Morgan fingerprint density at radius 1 is 1.08 bits per heavy atom. The standard InChI is InChI=1S/C23H37NO/c1-4-5-6-7-16-8-10-18-17-9-11-20-23(3,15-13-21(25)24-20)19(17)12-14-22(16,18)2/h13,15-20H,4-12,14H2,1-3H3,(H,24,25)/t16-,17-,18-,19-,20?,22+,23+/m0/s1. The van der Waals surface area contributed by atoms with Crippen LogP contribution in [0.3, 0.4) is 0 Å². The molecule has 0 bridgehead atoms. The Balaban J connectivity index is 1.54. The second kappa shape index (κ2) is 6.43. The largest absolute Gasteiger partial charge is 0.349 e. The molecule has 4 aliphatic rings. The van der Waals surface area contributed by atoms with Crippen molar-refractivity contribution in [2.24, 2.45) is 34.5 Å². The summed E-state index contributed by atoms with van der Waals surface area (Å²) in [5.74, 6) is 3.68. The molecule has 3 aliphatic carbocycles. The van der Waals surface area contributed by atoms with Crippen LogP contribution in [0.4, 0.5) is 0 Å². The zero-order valence-electron chi connectivity index (χ0n) is 16.5. The van der Waals surface area contributed by atoms with Gasteiger partial charge in [-0.2, -0.15) is 0 Å². The van der Waals surface area contributed by atoms with Crippen molar-refractivity contribution < 1.29 is 4.79 Å². The van der Waals surface area contributed by atoms with Crippen molar-refractivity contribution in [1.29, 1.82) is 0 Å². The van der Waals surface area contributed by atoms with Gasteiger partial charge >= 0.3 is 0 Å². The second-order valence-corrected chi connectivity index (χ2v) is 10.0. The molecule has 1 amide bonds. The monoisotopic (exact) mass is 343 g/mol. The third kappa shape index (κ3) is 2.70. The van der Waals surface area contributed by atoms with Crippen LogP contribution in [0.15, 0.2) is 12.2 Å². The molecule has 0 saturated heterocycles. The molecule has 0 radical (unpaired) electrons. The van der Waals surface area contributed by atoms with Gasteiger partial charge in [0.25, 0.3) is 0 Å². The van der Waals surface area contributed by atoms with Gasteiger partial charge in [-0.15, -0.1) is 0 Å². The van der Waals surface area contributed by atoms with Crippen LogP contribution < -0.4 is 5.32 Å². The van der Waals surface area contributed by atoms with E-state index in [9.17, 15) is 4.79 Å². The minimum Gasteiger partial charge on any atom is -0.349 e. The van der Waals surface area contributed by atoms with Gasteiger partial charge in [-0.05, 0) is 80.1 Å². The zero-order chi connectivity index (χ0) is 17.7. The lowest BCUT2D eigenvalue weighted by Gasteiger charge is -2.59. The first kappa shape index (κ1) is 17.6. The Labute approximate surface area is 154 Å². The molecular weight excluding hydrogens is 306 g/mol. The van der Waals surface area contributed by atoms with Crippen LogP contribution in [-0.2, 0) is 4.79 Å². The number of rotatable bonds is 4. The van der Waals surface area contributed by atoms with Crippen LogP contribution in [0.25, 0.3) is 0 Å².